The topological polar surface area (TPSA) is 98.7 Å². The molecule has 0 aromatic heterocycles. The molecule has 7 heteroatoms. The number of benzene rings is 1. The molecule has 154 valence electrons. The van der Waals surface area contributed by atoms with E-state index < -0.39 is 18.0 Å². The van der Waals surface area contributed by atoms with Crippen LogP contribution in [0.1, 0.15) is 58.4 Å². The first-order valence-corrected chi connectivity index (χ1v) is 9.87. The van der Waals surface area contributed by atoms with Gasteiger partial charge in [0.1, 0.15) is 6.04 Å². The Labute approximate surface area is 166 Å². The highest BCUT2D eigenvalue weighted by Gasteiger charge is 2.49. The van der Waals surface area contributed by atoms with E-state index in [1.54, 1.807) is 0 Å². The molecule has 0 aliphatic heterocycles. The SMILES string of the molecule is CC(C)CCCC(=O)N(O)C(=O)N[C@H](C(=O)NCc1ccccc1)C1(C)CC1. The van der Waals surface area contributed by atoms with Crippen molar-refractivity contribution in [3.05, 3.63) is 35.9 Å². The Kier molecular flexibility index (Phi) is 7.57. The van der Waals surface area contributed by atoms with Crippen molar-refractivity contribution in [1.29, 1.82) is 0 Å². The Morgan fingerprint density at radius 2 is 1.82 bits per heavy atom. The van der Waals surface area contributed by atoms with Gasteiger partial charge in [0.25, 0.3) is 5.91 Å². The third kappa shape index (κ3) is 6.34. The fraction of sp³-hybridized carbons (Fsp3) is 0.571. The zero-order valence-electron chi connectivity index (χ0n) is 16.9. The molecule has 0 saturated heterocycles. The van der Waals surface area contributed by atoms with E-state index in [4.69, 9.17) is 0 Å². The van der Waals surface area contributed by atoms with Crippen molar-refractivity contribution in [3.8, 4) is 0 Å². The molecule has 4 amide bonds. The molecular formula is C21H31N3O4. The molecule has 1 fully saturated rings. The first-order chi connectivity index (χ1) is 13.2. The lowest BCUT2D eigenvalue weighted by Gasteiger charge is -2.25. The summed E-state index contributed by atoms with van der Waals surface area (Å²) in [5.74, 6) is -0.540. The Hall–Kier alpha value is -2.41. The Morgan fingerprint density at radius 3 is 2.39 bits per heavy atom. The molecule has 1 aromatic rings. The van der Waals surface area contributed by atoms with Gasteiger partial charge in [-0.2, -0.15) is 0 Å². The van der Waals surface area contributed by atoms with Crippen molar-refractivity contribution in [2.75, 3.05) is 0 Å². The molecule has 3 N–H and O–H groups in total. The molecule has 1 aliphatic carbocycles. The monoisotopic (exact) mass is 389 g/mol. The number of hydrogen-bond acceptors (Lipinski definition) is 4. The minimum absolute atomic E-state index is 0.0875. The smallest absolute Gasteiger partial charge is 0.349 e. The van der Waals surface area contributed by atoms with E-state index in [0.717, 1.165) is 24.8 Å². The molecular weight excluding hydrogens is 358 g/mol. The van der Waals surface area contributed by atoms with Crippen LogP contribution in [-0.4, -0.2) is 34.2 Å². The normalized spacial score (nSPS) is 15.6. The molecule has 0 bridgehead atoms. The molecule has 0 heterocycles. The van der Waals surface area contributed by atoms with E-state index in [1.165, 1.54) is 0 Å². The second-order valence-corrected chi connectivity index (χ2v) is 8.23. The lowest BCUT2D eigenvalue weighted by molar-refractivity contribution is -0.153. The number of urea groups is 1. The summed E-state index contributed by atoms with van der Waals surface area (Å²) in [6.45, 7) is 6.34. The summed E-state index contributed by atoms with van der Waals surface area (Å²) in [5, 5.41) is 15.4. The van der Waals surface area contributed by atoms with Gasteiger partial charge in [0.15, 0.2) is 0 Å². The van der Waals surface area contributed by atoms with E-state index in [-0.39, 0.29) is 22.8 Å². The van der Waals surface area contributed by atoms with E-state index in [9.17, 15) is 19.6 Å². The van der Waals surface area contributed by atoms with Crippen LogP contribution < -0.4 is 10.6 Å². The van der Waals surface area contributed by atoms with Gasteiger partial charge in [-0.25, -0.2) is 4.79 Å². The summed E-state index contributed by atoms with van der Waals surface area (Å²) >= 11 is 0. The van der Waals surface area contributed by atoms with Crippen LogP contribution in [0.4, 0.5) is 4.79 Å². The van der Waals surface area contributed by atoms with Gasteiger partial charge in [-0.15, -0.1) is 5.06 Å². The molecule has 0 spiro atoms. The number of rotatable bonds is 9. The fourth-order valence-corrected chi connectivity index (χ4v) is 2.99. The number of hydrogen-bond donors (Lipinski definition) is 3. The van der Waals surface area contributed by atoms with Gasteiger partial charge in [0.05, 0.1) is 0 Å². The maximum Gasteiger partial charge on any atom is 0.349 e. The van der Waals surface area contributed by atoms with E-state index in [0.29, 0.717) is 18.9 Å². The van der Waals surface area contributed by atoms with Crippen molar-refractivity contribution in [3.63, 3.8) is 0 Å². The second-order valence-electron chi connectivity index (χ2n) is 8.23. The van der Waals surface area contributed by atoms with Crippen molar-refractivity contribution in [2.24, 2.45) is 11.3 Å². The van der Waals surface area contributed by atoms with Crippen LogP contribution in [0.2, 0.25) is 0 Å². The molecule has 28 heavy (non-hydrogen) atoms. The summed E-state index contributed by atoms with van der Waals surface area (Å²) in [6.07, 6.45) is 3.11. The summed E-state index contributed by atoms with van der Waals surface area (Å²) in [6, 6.07) is 7.71. The third-order valence-electron chi connectivity index (χ3n) is 5.18. The molecule has 0 unspecified atom stereocenters. The van der Waals surface area contributed by atoms with Crippen LogP contribution in [0.3, 0.4) is 0 Å². The molecule has 1 aliphatic rings. The van der Waals surface area contributed by atoms with E-state index in [1.807, 2.05) is 51.1 Å². The maximum atomic E-state index is 12.7. The highest BCUT2D eigenvalue weighted by molar-refractivity contribution is 5.95. The number of amides is 4. The molecule has 1 saturated carbocycles. The minimum atomic E-state index is -0.956. The largest absolute Gasteiger partial charge is 0.350 e. The van der Waals surface area contributed by atoms with Crippen LogP contribution in [0, 0.1) is 11.3 Å². The van der Waals surface area contributed by atoms with Crippen molar-refractivity contribution < 1.29 is 19.6 Å². The highest BCUT2D eigenvalue weighted by Crippen LogP contribution is 2.48. The first-order valence-electron chi connectivity index (χ1n) is 9.87. The number of hydroxylamine groups is 2. The third-order valence-corrected chi connectivity index (χ3v) is 5.18. The number of nitrogens with one attached hydrogen (secondary N) is 2. The Bertz CT molecular complexity index is 686. The standard InChI is InChI=1S/C21H31N3O4/c1-15(2)8-7-11-17(25)24(28)20(27)23-18(21(3)12-13-21)19(26)22-14-16-9-5-4-6-10-16/h4-6,9-10,15,18,28H,7-8,11-14H2,1-3H3,(H,22,26)(H,23,27)/t18-/m1/s1. The molecule has 0 radical (unpaired) electrons. The zero-order valence-corrected chi connectivity index (χ0v) is 16.9. The quantitative estimate of drug-likeness (QED) is 0.446. The highest BCUT2D eigenvalue weighted by atomic mass is 16.5. The predicted molar refractivity (Wildman–Crippen MR) is 105 cm³/mol. The van der Waals surface area contributed by atoms with Gasteiger partial charge in [-0.1, -0.05) is 57.5 Å². The number of nitrogens with zero attached hydrogens (tertiary/aromatic N) is 1. The van der Waals surface area contributed by atoms with Crippen LogP contribution in [-0.2, 0) is 16.1 Å². The fourth-order valence-electron chi connectivity index (χ4n) is 2.99. The molecule has 1 atom stereocenters. The average Bonchev–Trinajstić information content (AvgIpc) is 3.42. The second kappa shape index (κ2) is 9.68. The lowest BCUT2D eigenvalue weighted by atomic mass is 9.98. The zero-order chi connectivity index (χ0) is 20.7. The van der Waals surface area contributed by atoms with Gasteiger partial charge in [0, 0.05) is 13.0 Å². The van der Waals surface area contributed by atoms with E-state index in [2.05, 4.69) is 10.6 Å². The van der Waals surface area contributed by atoms with E-state index >= 15 is 0 Å². The van der Waals surface area contributed by atoms with Crippen molar-refractivity contribution in [2.45, 2.75) is 65.5 Å². The molecule has 7 nitrogen and oxygen atoms in total. The van der Waals surface area contributed by atoms with Gasteiger partial charge >= 0.3 is 6.03 Å². The predicted octanol–water partition coefficient (Wildman–Crippen LogP) is 3.23. The van der Waals surface area contributed by atoms with Gasteiger partial charge < -0.3 is 10.6 Å². The Morgan fingerprint density at radius 1 is 1.18 bits per heavy atom. The van der Waals surface area contributed by atoms with Crippen LogP contribution >= 0.6 is 0 Å². The summed E-state index contributed by atoms with van der Waals surface area (Å²) in [5.41, 5.74) is 0.587. The summed E-state index contributed by atoms with van der Waals surface area (Å²) in [7, 11) is 0. The Balaban J connectivity index is 1.91. The lowest BCUT2D eigenvalue weighted by Crippen LogP contribution is -2.55. The first kappa shape index (κ1) is 21.9. The van der Waals surface area contributed by atoms with Crippen LogP contribution in [0.15, 0.2) is 30.3 Å². The summed E-state index contributed by atoms with van der Waals surface area (Å²) in [4.78, 5) is 37.0. The minimum Gasteiger partial charge on any atom is -0.350 e. The number of imide groups is 1. The van der Waals surface area contributed by atoms with Crippen molar-refractivity contribution in [1.82, 2.24) is 15.7 Å². The van der Waals surface area contributed by atoms with Crippen molar-refractivity contribution >= 4 is 17.8 Å². The maximum absolute atomic E-state index is 12.7. The number of carbonyl (C=O) groups is 3. The summed E-state index contributed by atoms with van der Waals surface area (Å²) < 4.78 is 0. The van der Waals surface area contributed by atoms with Crippen LogP contribution in [0.5, 0.6) is 0 Å². The molecule has 1 aromatic carbocycles. The van der Waals surface area contributed by atoms with Gasteiger partial charge in [0.2, 0.25) is 5.91 Å². The van der Waals surface area contributed by atoms with Gasteiger partial charge in [-0.3, -0.25) is 14.8 Å². The van der Waals surface area contributed by atoms with Gasteiger partial charge in [-0.05, 0) is 36.2 Å². The van der Waals surface area contributed by atoms with Crippen LogP contribution in [0.25, 0.3) is 0 Å². The number of carbonyl (C=O) groups excluding carboxylic acids is 3. The molecule has 2 rings (SSSR count). The average molecular weight is 389 g/mol.